The summed E-state index contributed by atoms with van der Waals surface area (Å²) >= 11 is 5.23. The SMILES string of the molecule is CCCCCCOc1ccc(C(=O)NC(=S)Nc2ccc(S(=O)(=O)NCC3CCCO3)cc2)cc1. The molecule has 8 nitrogen and oxygen atoms in total. The number of carbonyl (C=O) groups excluding carboxylic acids is 1. The first kappa shape index (κ1) is 27.1. The Bertz CT molecular complexity index is 1070. The summed E-state index contributed by atoms with van der Waals surface area (Å²) in [5.41, 5.74) is 1.01. The van der Waals surface area contributed by atoms with Gasteiger partial charge in [0.25, 0.3) is 5.91 Å². The van der Waals surface area contributed by atoms with Gasteiger partial charge in [0.15, 0.2) is 5.11 Å². The second-order valence-corrected chi connectivity index (χ2v) is 10.5. The van der Waals surface area contributed by atoms with Gasteiger partial charge < -0.3 is 14.8 Å². The summed E-state index contributed by atoms with van der Waals surface area (Å²) in [5.74, 6) is 0.369. The van der Waals surface area contributed by atoms with E-state index in [0.29, 0.717) is 24.5 Å². The highest BCUT2D eigenvalue weighted by atomic mass is 32.2. The highest BCUT2D eigenvalue weighted by Crippen LogP contribution is 2.16. The summed E-state index contributed by atoms with van der Waals surface area (Å²) in [6, 6.07) is 13.0. The van der Waals surface area contributed by atoms with Crippen LogP contribution in [0, 0.1) is 0 Å². The molecule has 1 fully saturated rings. The first-order valence-corrected chi connectivity index (χ1v) is 13.8. The molecule has 0 saturated carbocycles. The van der Waals surface area contributed by atoms with Crippen LogP contribution in [0.25, 0.3) is 0 Å². The molecule has 35 heavy (non-hydrogen) atoms. The van der Waals surface area contributed by atoms with Gasteiger partial charge in [-0.2, -0.15) is 0 Å². The molecular formula is C25H33N3O5S2. The highest BCUT2D eigenvalue weighted by molar-refractivity contribution is 7.89. The summed E-state index contributed by atoms with van der Waals surface area (Å²) < 4.78 is 38.7. The molecule has 1 amide bonds. The minimum atomic E-state index is -3.63. The van der Waals surface area contributed by atoms with E-state index in [2.05, 4.69) is 22.3 Å². The predicted octanol–water partition coefficient (Wildman–Crippen LogP) is 4.23. The molecule has 0 spiro atoms. The van der Waals surface area contributed by atoms with E-state index in [0.717, 1.165) is 31.4 Å². The molecule has 0 aromatic heterocycles. The lowest BCUT2D eigenvalue weighted by Gasteiger charge is -2.13. The Balaban J connectivity index is 1.45. The second-order valence-electron chi connectivity index (χ2n) is 8.35. The number of anilines is 1. The Labute approximate surface area is 212 Å². The lowest BCUT2D eigenvalue weighted by Crippen LogP contribution is -2.34. The summed E-state index contributed by atoms with van der Waals surface area (Å²) in [5, 5.41) is 5.63. The average Bonchev–Trinajstić information content (AvgIpc) is 3.37. The fourth-order valence-corrected chi connectivity index (χ4v) is 4.84. The summed E-state index contributed by atoms with van der Waals surface area (Å²) in [7, 11) is -3.63. The van der Waals surface area contributed by atoms with E-state index in [1.165, 1.54) is 25.0 Å². The van der Waals surface area contributed by atoms with Gasteiger partial charge in [-0.1, -0.05) is 26.2 Å². The Morgan fingerprint density at radius 3 is 2.49 bits per heavy atom. The Hall–Kier alpha value is -2.53. The van der Waals surface area contributed by atoms with E-state index >= 15 is 0 Å². The van der Waals surface area contributed by atoms with Crippen LogP contribution >= 0.6 is 12.2 Å². The molecule has 0 aliphatic carbocycles. The monoisotopic (exact) mass is 519 g/mol. The van der Waals surface area contributed by atoms with Crippen molar-refractivity contribution in [2.45, 2.75) is 56.4 Å². The number of unbranched alkanes of at least 4 members (excludes halogenated alkanes) is 3. The van der Waals surface area contributed by atoms with E-state index in [1.54, 1.807) is 36.4 Å². The van der Waals surface area contributed by atoms with Gasteiger partial charge in [0, 0.05) is 24.4 Å². The van der Waals surface area contributed by atoms with E-state index < -0.39 is 10.0 Å². The number of carbonyl (C=O) groups is 1. The predicted molar refractivity (Wildman–Crippen MR) is 140 cm³/mol. The van der Waals surface area contributed by atoms with E-state index in [1.807, 2.05) is 0 Å². The van der Waals surface area contributed by atoms with E-state index in [9.17, 15) is 13.2 Å². The minimum absolute atomic E-state index is 0.0778. The molecule has 0 radical (unpaired) electrons. The van der Waals surface area contributed by atoms with Crippen LogP contribution in [0.4, 0.5) is 5.69 Å². The molecule has 10 heteroatoms. The Morgan fingerprint density at radius 1 is 1.09 bits per heavy atom. The molecule has 1 atom stereocenters. The fraction of sp³-hybridized carbons (Fsp3) is 0.440. The van der Waals surface area contributed by atoms with Gasteiger partial charge in [0.05, 0.1) is 17.6 Å². The second kappa shape index (κ2) is 13.5. The topological polar surface area (TPSA) is 106 Å². The molecule has 1 aliphatic heterocycles. The van der Waals surface area contributed by atoms with Gasteiger partial charge >= 0.3 is 0 Å². The van der Waals surface area contributed by atoms with Crippen molar-refractivity contribution in [3.63, 3.8) is 0 Å². The number of benzene rings is 2. The van der Waals surface area contributed by atoms with Crippen LogP contribution in [0.5, 0.6) is 5.75 Å². The van der Waals surface area contributed by atoms with Crippen molar-refractivity contribution in [3.05, 3.63) is 54.1 Å². The quantitative estimate of drug-likeness (QED) is 0.285. The third-order valence-corrected chi connectivity index (χ3v) is 7.20. The van der Waals surface area contributed by atoms with Crippen LogP contribution in [0.2, 0.25) is 0 Å². The summed E-state index contributed by atoms with van der Waals surface area (Å²) in [6.07, 6.45) is 6.26. The molecule has 1 heterocycles. The van der Waals surface area contributed by atoms with Crippen LogP contribution in [-0.4, -0.2) is 45.3 Å². The molecule has 2 aromatic rings. The van der Waals surface area contributed by atoms with Crippen LogP contribution in [0.15, 0.2) is 53.4 Å². The van der Waals surface area contributed by atoms with Gasteiger partial charge in [0.1, 0.15) is 5.75 Å². The van der Waals surface area contributed by atoms with Crippen molar-refractivity contribution in [3.8, 4) is 5.75 Å². The minimum Gasteiger partial charge on any atom is -0.494 e. The molecule has 1 unspecified atom stereocenters. The fourth-order valence-electron chi connectivity index (χ4n) is 3.57. The lowest BCUT2D eigenvalue weighted by molar-refractivity contribution is 0.0977. The van der Waals surface area contributed by atoms with Crippen molar-refractivity contribution in [2.75, 3.05) is 25.1 Å². The molecule has 1 aliphatic rings. The zero-order chi connectivity index (χ0) is 25.1. The molecule has 2 aromatic carbocycles. The van der Waals surface area contributed by atoms with Gasteiger partial charge in [-0.25, -0.2) is 13.1 Å². The van der Waals surface area contributed by atoms with Crippen molar-refractivity contribution >= 4 is 38.9 Å². The lowest BCUT2D eigenvalue weighted by atomic mass is 10.2. The Morgan fingerprint density at radius 2 is 1.83 bits per heavy atom. The number of hydrogen-bond donors (Lipinski definition) is 3. The van der Waals surface area contributed by atoms with Gasteiger partial charge in [-0.3, -0.25) is 10.1 Å². The molecule has 190 valence electrons. The maximum atomic E-state index is 12.5. The molecule has 1 saturated heterocycles. The molecule has 3 rings (SSSR count). The average molecular weight is 520 g/mol. The summed E-state index contributed by atoms with van der Waals surface area (Å²) in [6.45, 7) is 3.75. The van der Waals surface area contributed by atoms with Crippen LogP contribution < -0.4 is 20.1 Å². The number of ether oxygens (including phenoxy) is 2. The van der Waals surface area contributed by atoms with Crippen LogP contribution in [0.1, 0.15) is 55.8 Å². The first-order valence-electron chi connectivity index (χ1n) is 11.9. The molecule has 0 bridgehead atoms. The maximum absolute atomic E-state index is 12.5. The number of rotatable bonds is 12. The molecular weight excluding hydrogens is 486 g/mol. The number of nitrogens with one attached hydrogen (secondary N) is 3. The largest absolute Gasteiger partial charge is 0.494 e. The normalized spacial score (nSPS) is 15.5. The van der Waals surface area contributed by atoms with Crippen molar-refractivity contribution in [1.29, 1.82) is 0 Å². The first-order chi connectivity index (χ1) is 16.9. The number of amides is 1. The number of hydrogen-bond acceptors (Lipinski definition) is 6. The third-order valence-electron chi connectivity index (χ3n) is 5.56. The van der Waals surface area contributed by atoms with Crippen LogP contribution in [-0.2, 0) is 14.8 Å². The van der Waals surface area contributed by atoms with Crippen molar-refractivity contribution in [1.82, 2.24) is 10.0 Å². The number of sulfonamides is 1. The smallest absolute Gasteiger partial charge is 0.257 e. The number of thiocarbonyl (C=S) groups is 1. The standard InChI is InChI=1S/C25H33N3O5S2/c1-2-3-4-5-16-32-21-12-8-19(9-13-21)24(29)28-25(34)27-20-10-14-23(15-11-20)35(30,31)26-18-22-7-6-17-33-22/h8-15,22,26H,2-7,16-18H2,1H3,(H2,27,28,29,34). The zero-order valence-electron chi connectivity index (χ0n) is 19.9. The van der Waals surface area contributed by atoms with Crippen molar-refractivity contribution in [2.24, 2.45) is 0 Å². The van der Waals surface area contributed by atoms with Gasteiger partial charge in [-0.05, 0) is 80.0 Å². The highest BCUT2D eigenvalue weighted by Gasteiger charge is 2.20. The van der Waals surface area contributed by atoms with E-state index in [4.69, 9.17) is 21.7 Å². The van der Waals surface area contributed by atoms with Crippen LogP contribution in [0.3, 0.4) is 0 Å². The van der Waals surface area contributed by atoms with E-state index in [-0.39, 0.29) is 28.6 Å². The van der Waals surface area contributed by atoms with Gasteiger partial charge in [0.2, 0.25) is 10.0 Å². The zero-order valence-corrected chi connectivity index (χ0v) is 21.6. The molecule has 3 N–H and O–H groups in total. The van der Waals surface area contributed by atoms with Gasteiger partial charge in [-0.15, -0.1) is 0 Å². The third kappa shape index (κ3) is 8.88. The Kier molecular flexibility index (Phi) is 10.5. The maximum Gasteiger partial charge on any atom is 0.257 e. The summed E-state index contributed by atoms with van der Waals surface area (Å²) in [4.78, 5) is 12.6. The van der Waals surface area contributed by atoms with Crippen molar-refractivity contribution < 1.29 is 22.7 Å².